The molecule has 19 heavy (non-hydrogen) atoms. The van der Waals surface area contributed by atoms with Crippen molar-refractivity contribution >= 4 is 17.3 Å². The average Bonchev–Trinajstić information content (AvgIpc) is 2.35. The van der Waals surface area contributed by atoms with Crippen LogP contribution in [0.15, 0.2) is 30.3 Å². The Bertz CT molecular complexity index is 635. The third kappa shape index (κ3) is 2.91. The number of amides is 1. The molecule has 3 N–H and O–H groups in total. The quantitative estimate of drug-likeness (QED) is 0.811. The Hall–Kier alpha value is -2.36. The number of nitrogens with one attached hydrogen (secondary N) is 1. The molecule has 1 aromatic carbocycles. The molecular weight excluding hydrogens is 238 g/mol. The number of carbonyl (C=O) groups excluding carboxylic acids is 1. The molecule has 0 saturated carbocycles. The normalized spacial score (nSPS) is 10.3. The van der Waals surface area contributed by atoms with Crippen molar-refractivity contribution in [2.75, 3.05) is 11.1 Å². The van der Waals surface area contributed by atoms with Gasteiger partial charge in [-0.1, -0.05) is 6.07 Å². The van der Waals surface area contributed by atoms with Crippen LogP contribution in [0.1, 0.15) is 27.3 Å². The molecule has 2 rings (SSSR count). The number of hydrogen-bond acceptors (Lipinski definition) is 3. The van der Waals surface area contributed by atoms with Gasteiger partial charge in [0.1, 0.15) is 0 Å². The summed E-state index contributed by atoms with van der Waals surface area (Å²) in [4.78, 5) is 16.6. The molecule has 0 atom stereocenters. The number of aryl methyl sites for hydroxylation is 3. The van der Waals surface area contributed by atoms with Gasteiger partial charge in [0.15, 0.2) is 0 Å². The first-order valence-electron chi connectivity index (χ1n) is 6.09. The number of pyridine rings is 1. The third-order valence-corrected chi connectivity index (χ3v) is 2.98. The van der Waals surface area contributed by atoms with Gasteiger partial charge in [0, 0.05) is 16.9 Å². The lowest BCUT2D eigenvalue weighted by atomic mass is 10.1. The van der Waals surface area contributed by atoms with Crippen molar-refractivity contribution in [1.29, 1.82) is 0 Å². The Morgan fingerprint density at radius 1 is 1.16 bits per heavy atom. The summed E-state index contributed by atoms with van der Waals surface area (Å²) in [5, 5.41) is 2.86. The number of nitrogens with two attached hydrogens (primary N) is 1. The highest BCUT2D eigenvalue weighted by atomic mass is 16.1. The maximum absolute atomic E-state index is 12.2. The van der Waals surface area contributed by atoms with Crippen LogP contribution in [-0.2, 0) is 0 Å². The largest absolute Gasteiger partial charge is 0.399 e. The standard InChI is InChI=1S/C15H17N3O/c1-9-4-6-12(16)8-13(9)15(19)18-14-7-5-10(2)17-11(14)3/h4-8H,16H2,1-3H3,(H,18,19). The molecule has 0 spiro atoms. The smallest absolute Gasteiger partial charge is 0.256 e. The molecule has 2 aromatic rings. The average molecular weight is 255 g/mol. The van der Waals surface area contributed by atoms with Crippen LogP contribution in [0.2, 0.25) is 0 Å². The molecule has 0 aliphatic carbocycles. The molecule has 0 saturated heterocycles. The van der Waals surface area contributed by atoms with E-state index in [0.717, 1.165) is 22.6 Å². The Morgan fingerprint density at radius 3 is 2.58 bits per heavy atom. The Kier molecular flexibility index (Phi) is 3.51. The first kappa shape index (κ1) is 13.1. The summed E-state index contributed by atoms with van der Waals surface area (Å²) < 4.78 is 0. The van der Waals surface area contributed by atoms with Crippen LogP contribution in [0.25, 0.3) is 0 Å². The monoisotopic (exact) mass is 255 g/mol. The van der Waals surface area contributed by atoms with Gasteiger partial charge in [-0.15, -0.1) is 0 Å². The maximum Gasteiger partial charge on any atom is 0.256 e. The summed E-state index contributed by atoms with van der Waals surface area (Å²) in [6, 6.07) is 9.03. The van der Waals surface area contributed by atoms with E-state index in [-0.39, 0.29) is 5.91 Å². The number of anilines is 2. The zero-order valence-corrected chi connectivity index (χ0v) is 11.3. The second-order valence-corrected chi connectivity index (χ2v) is 4.61. The third-order valence-electron chi connectivity index (χ3n) is 2.98. The van der Waals surface area contributed by atoms with Crippen molar-refractivity contribution in [2.24, 2.45) is 0 Å². The minimum atomic E-state index is -0.168. The molecule has 4 heteroatoms. The zero-order valence-electron chi connectivity index (χ0n) is 11.3. The summed E-state index contributed by atoms with van der Waals surface area (Å²) >= 11 is 0. The minimum absolute atomic E-state index is 0.168. The van der Waals surface area contributed by atoms with Crippen molar-refractivity contribution in [3.05, 3.63) is 52.8 Å². The molecule has 1 heterocycles. The lowest BCUT2D eigenvalue weighted by Gasteiger charge is -2.10. The minimum Gasteiger partial charge on any atom is -0.399 e. The van der Waals surface area contributed by atoms with E-state index < -0.39 is 0 Å². The van der Waals surface area contributed by atoms with Crippen LogP contribution in [0.5, 0.6) is 0 Å². The molecule has 4 nitrogen and oxygen atoms in total. The Morgan fingerprint density at radius 2 is 1.89 bits per heavy atom. The van der Waals surface area contributed by atoms with Crippen LogP contribution >= 0.6 is 0 Å². The first-order valence-corrected chi connectivity index (χ1v) is 6.09. The molecule has 0 radical (unpaired) electrons. The van der Waals surface area contributed by atoms with Gasteiger partial charge in [0.2, 0.25) is 0 Å². The van der Waals surface area contributed by atoms with E-state index in [0.29, 0.717) is 11.3 Å². The van der Waals surface area contributed by atoms with Crippen molar-refractivity contribution in [1.82, 2.24) is 4.98 Å². The number of nitrogen functional groups attached to an aromatic ring is 1. The van der Waals surface area contributed by atoms with Crippen molar-refractivity contribution < 1.29 is 4.79 Å². The number of hydrogen-bond donors (Lipinski definition) is 2. The van der Waals surface area contributed by atoms with Gasteiger partial charge in [-0.2, -0.15) is 0 Å². The van der Waals surface area contributed by atoms with E-state index in [2.05, 4.69) is 10.3 Å². The van der Waals surface area contributed by atoms with Gasteiger partial charge < -0.3 is 11.1 Å². The molecule has 0 aliphatic rings. The van der Waals surface area contributed by atoms with Crippen molar-refractivity contribution in [3.8, 4) is 0 Å². The predicted molar refractivity (Wildman–Crippen MR) is 77.3 cm³/mol. The van der Waals surface area contributed by atoms with Crippen LogP contribution in [-0.4, -0.2) is 10.9 Å². The number of rotatable bonds is 2. The van der Waals surface area contributed by atoms with E-state index >= 15 is 0 Å². The molecular formula is C15H17N3O. The van der Waals surface area contributed by atoms with E-state index in [1.807, 2.05) is 39.0 Å². The molecule has 0 bridgehead atoms. The molecule has 98 valence electrons. The Balaban J connectivity index is 2.28. The molecule has 0 aliphatic heterocycles. The van der Waals surface area contributed by atoms with Crippen molar-refractivity contribution in [2.45, 2.75) is 20.8 Å². The molecule has 0 unspecified atom stereocenters. The summed E-state index contributed by atoms with van der Waals surface area (Å²) in [5.74, 6) is -0.168. The molecule has 1 amide bonds. The van der Waals surface area contributed by atoms with Gasteiger partial charge in [-0.3, -0.25) is 9.78 Å². The first-order chi connectivity index (χ1) is 8.97. The van der Waals surface area contributed by atoms with E-state index in [1.165, 1.54) is 0 Å². The fourth-order valence-corrected chi connectivity index (χ4v) is 1.89. The van der Waals surface area contributed by atoms with Crippen LogP contribution in [0.3, 0.4) is 0 Å². The van der Waals surface area contributed by atoms with Gasteiger partial charge in [-0.25, -0.2) is 0 Å². The van der Waals surface area contributed by atoms with Crippen LogP contribution in [0.4, 0.5) is 11.4 Å². The van der Waals surface area contributed by atoms with Crippen LogP contribution < -0.4 is 11.1 Å². The summed E-state index contributed by atoms with van der Waals surface area (Å²) in [6.45, 7) is 5.67. The van der Waals surface area contributed by atoms with Gasteiger partial charge in [-0.05, 0) is 50.6 Å². The van der Waals surface area contributed by atoms with E-state index in [1.54, 1.807) is 12.1 Å². The van der Waals surface area contributed by atoms with Gasteiger partial charge in [0.25, 0.3) is 5.91 Å². The van der Waals surface area contributed by atoms with Crippen LogP contribution in [0, 0.1) is 20.8 Å². The van der Waals surface area contributed by atoms with Crippen molar-refractivity contribution in [3.63, 3.8) is 0 Å². The van der Waals surface area contributed by atoms with Gasteiger partial charge in [0.05, 0.1) is 11.4 Å². The highest BCUT2D eigenvalue weighted by Crippen LogP contribution is 2.17. The number of nitrogens with zero attached hydrogens (tertiary/aromatic N) is 1. The van der Waals surface area contributed by atoms with E-state index in [9.17, 15) is 4.79 Å². The summed E-state index contributed by atoms with van der Waals surface area (Å²) in [7, 11) is 0. The number of aromatic nitrogens is 1. The summed E-state index contributed by atoms with van der Waals surface area (Å²) in [6.07, 6.45) is 0. The van der Waals surface area contributed by atoms with Gasteiger partial charge >= 0.3 is 0 Å². The topological polar surface area (TPSA) is 68.0 Å². The fraction of sp³-hybridized carbons (Fsp3) is 0.200. The predicted octanol–water partition coefficient (Wildman–Crippen LogP) is 2.84. The Labute approximate surface area is 112 Å². The highest BCUT2D eigenvalue weighted by molar-refractivity contribution is 6.06. The second-order valence-electron chi connectivity index (χ2n) is 4.61. The van der Waals surface area contributed by atoms with E-state index in [4.69, 9.17) is 5.73 Å². The summed E-state index contributed by atoms with van der Waals surface area (Å²) in [5.41, 5.74) is 10.2. The lowest BCUT2D eigenvalue weighted by Crippen LogP contribution is -2.15. The second kappa shape index (κ2) is 5.10. The lowest BCUT2D eigenvalue weighted by molar-refractivity contribution is 0.102. The SMILES string of the molecule is Cc1ccc(NC(=O)c2cc(N)ccc2C)c(C)n1. The number of carbonyl (C=O) groups is 1. The maximum atomic E-state index is 12.2. The highest BCUT2D eigenvalue weighted by Gasteiger charge is 2.11. The molecule has 0 fully saturated rings. The number of benzene rings is 1. The zero-order chi connectivity index (χ0) is 14.0. The molecule has 1 aromatic heterocycles. The fourth-order valence-electron chi connectivity index (χ4n) is 1.89.